The van der Waals surface area contributed by atoms with Crippen LogP contribution < -0.4 is 16.4 Å². The molecule has 0 bridgehead atoms. The summed E-state index contributed by atoms with van der Waals surface area (Å²) in [5.41, 5.74) is 5.95. The standard InChI is InChI=1S/C20H22N4O3S3/c1-3-24-19(27)16-12-7-6-11(2)9-14(12)30-18(16)21-20(24)29-10-15(25)22-23-17(26)13-5-4-8-28-13/h4-5,8,11H,3,6-7,9-10H2,1-2H3,(H,22,25)(H,23,26). The summed E-state index contributed by atoms with van der Waals surface area (Å²) < 4.78 is 1.63. The van der Waals surface area contributed by atoms with E-state index in [4.69, 9.17) is 4.98 Å². The van der Waals surface area contributed by atoms with Crippen LogP contribution >= 0.6 is 34.4 Å². The number of thioether (sulfide) groups is 1. The lowest BCUT2D eigenvalue weighted by Gasteiger charge is -2.17. The minimum atomic E-state index is -0.360. The van der Waals surface area contributed by atoms with Gasteiger partial charge in [-0.15, -0.1) is 22.7 Å². The Balaban J connectivity index is 1.49. The number of hydrogen-bond acceptors (Lipinski definition) is 7. The van der Waals surface area contributed by atoms with E-state index in [0.29, 0.717) is 22.5 Å². The molecule has 2 N–H and O–H groups in total. The lowest BCUT2D eigenvalue weighted by Crippen LogP contribution is -2.42. The van der Waals surface area contributed by atoms with Crippen molar-refractivity contribution in [3.63, 3.8) is 0 Å². The maximum atomic E-state index is 13.1. The van der Waals surface area contributed by atoms with E-state index in [-0.39, 0.29) is 23.1 Å². The lowest BCUT2D eigenvalue weighted by atomic mass is 9.89. The fourth-order valence-corrected chi connectivity index (χ4v) is 6.46. The molecule has 3 aromatic heterocycles. The Morgan fingerprint density at radius 2 is 2.20 bits per heavy atom. The van der Waals surface area contributed by atoms with Gasteiger partial charge in [0.2, 0.25) is 5.91 Å². The molecular weight excluding hydrogens is 440 g/mol. The SMILES string of the molecule is CCn1c(SCC(=O)NNC(=O)c2cccs2)nc2sc3c(c2c1=O)CCC(C)C3. The molecule has 0 saturated carbocycles. The molecule has 0 saturated heterocycles. The third kappa shape index (κ3) is 4.17. The normalized spacial score (nSPS) is 15.7. The van der Waals surface area contributed by atoms with E-state index in [9.17, 15) is 14.4 Å². The van der Waals surface area contributed by atoms with Crippen molar-refractivity contribution in [2.24, 2.45) is 5.92 Å². The van der Waals surface area contributed by atoms with E-state index in [1.165, 1.54) is 33.5 Å². The van der Waals surface area contributed by atoms with Crippen LogP contribution in [0.15, 0.2) is 27.5 Å². The summed E-state index contributed by atoms with van der Waals surface area (Å²) in [6, 6.07) is 3.45. The number of rotatable bonds is 5. The number of carbonyl (C=O) groups excluding carboxylic acids is 2. The number of fused-ring (bicyclic) bond motifs is 3. The van der Waals surface area contributed by atoms with E-state index in [2.05, 4.69) is 17.8 Å². The molecular formula is C20H22N4O3S3. The third-order valence-corrected chi connectivity index (χ3v) is 8.08. The molecule has 158 valence electrons. The topological polar surface area (TPSA) is 93.1 Å². The molecule has 1 aliphatic rings. The third-order valence-electron chi connectivity index (χ3n) is 5.09. The molecule has 1 atom stereocenters. The number of hydrazine groups is 1. The summed E-state index contributed by atoms with van der Waals surface area (Å²) in [6.07, 6.45) is 3.02. The molecule has 4 rings (SSSR count). The summed E-state index contributed by atoms with van der Waals surface area (Å²) >= 11 is 4.10. The number of amides is 2. The van der Waals surface area contributed by atoms with Crippen LogP contribution in [0.4, 0.5) is 0 Å². The Bertz CT molecular complexity index is 1150. The molecule has 0 aromatic carbocycles. The molecule has 7 nitrogen and oxygen atoms in total. The smallest absolute Gasteiger partial charge is 0.279 e. The van der Waals surface area contributed by atoms with E-state index < -0.39 is 0 Å². The summed E-state index contributed by atoms with van der Waals surface area (Å²) in [6.45, 7) is 4.63. The van der Waals surface area contributed by atoms with Crippen molar-refractivity contribution >= 4 is 56.5 Å². The van der Waals surface area contributed by atoms with Crippen LogP contribution in [0, 0.1) is 5.92 Å². The minimum absolute atomic E-state index is 0.0246. The van der Waals surface area contributed by atoms with Gasteiger partial charge < -0.3 is 0 Å². The maximum Gasteiger partial charge on any atom is 0.279 e. The van der Waals surface area contributed by atoms with Gasteiger partial charge >= 0.3 is 0 Å². The first-order chi connectivity index (χ1) is 14.5. The van der Waals surface area contributed by atoms with Crippen LogP contribution in [-0.4, -0.2) is 27.1 Å². The highest BCUT2D eigenvalue weighted by Crippen LogP contribution is 2.36. The van der Waals surface area contributed by atoms with Crippen LogP contribution in [0.5, 0.6) is 0 Å². The first-order valence-corrected chi connectivity index (χ1v) is 12.5. The Kier molecular flexibility index (Phi) is 6.26. The highest BCUT2D eigenvalue weighted by Gasteiger charge is 2.24. The van der Waals surface area contributed by atoms with Gasteiger partial charge in [-0.05, 0) is 49.1 Å². The van der Waals surface area contributed by atoms with E-state index in [1.807, 2.05) is 6.92 Å². The fraction of sp³-hybridized carbons (Fsp3) is 0.400. The predicted octanol–water partition coefficient (Wildman–Crippen LogP) is 3.22. The van der Waals surface area contributed by atoms with Crippen LogP contribution in [0.3, 0.4) is 0 Å². The molecule has 0 fully saturated rings. The summed E-state index contributed by atoms with van der Waals surface area (Å²) in [4.78, 5) is 44.5. The average Bonchev–Trinajstić information content (AvgIpc) is 3.38. The van der Waals surface area contributed by atoms with Crippen molar-refractivity contribution in [1.29, 1.82) is 0 Å². The van der Waals surface area contributed by atoms with Crippen molar-refractivity contribution in [2.45, 2.75) is 44.8 Å². The number of aryl methyl sites for hydroxylation is 1. The lowest BCUT2D eigenvalue weighted by molar-refractivity contribution is -0.119. The first-order valence-electron chi connectivity index (χ1n) is 9.78. The molecule has 0 radical (unpaired) electrons. The fourth-order valence-electron chi connectivity index (χ4n) is 3.56. The Morgan fingerprint density at radius 3 is 2.93 bits per heavy atom. The van der Waals surface area contributed by atoms with Gasteiger partial charge in [-0.25, -0.2) is 4.98 Å². The van der Waals surface area contributed by atoms with Crippen molar-refractivity contribution < 1.29 is 9.59 Å². The highest BCUT2D eigenvalue weighted by molar-refractivity contribution is 7.99. The summed E-state index contributed by atoms with van der Waals surface area (Å²) in [7, 11) is 0. The molecule has 0 spiro atoms. The molecule has 3 heterocycles. The second kappa shape index (κ2) is 8.91. The van der Waals surface area contributed by atoms with Gasteiger partial charge in [0.15, 0.2) is 5.16 Å². The van der Waals surface area contributed by atoms with Gasteiger partial charge in [0, 0.05) is 11.4 Å². The summed E-state index contributed by atoms with van der Waals surface area (Å²) in [5.74, 6) is -0.0426. The van der Waals surface area contributed by atoms with E-state index in [0.717, 1.165) is 29.5 Å². The number of nitrogens with one attached hydrogen (secondary N) is 2. The molecule has 1 unspecified atom stereocenters. The predicted molar refractivity (Wildman–Crippen MR) is 121 cm³/mol. The highest BCUT2D eigenvalue weighted by atomic mass is 32.2. The second-order valence-corrected chi connectivity index (χ2v) is 10.2. The molecule has 1 aliphatic carbocycles. The molecule has 10 heteroatoms. The molecule has 3 aromatic rings. The largest absolute Gasteiger partial charge is 0.287 e. The van der Waals surface area contributed by atoms with Crippen molar-refractivity contribution in [2.75, 3.05) is 5.75 Å². The zero-order valence-electron chi connectivity index (χ0n) is 16.7. The number of thiophene rings is 2. The zero-order chi connectivity index (χ0) is 21.3. The van der Waals surface area contributed by atoms with E-state index in [1.54, 1.807) is 33.4 Å². The Labute approximate surface area is 185 Å². The van der Waals surface area contributed by atoms with Crippen LogP contribution in [0.1, 0.15) is 40.4 Å². The van der Waals surface area contributed by atoms with Crippen molar-refractivity contribution in [3.05, 3.63) is 43.2 Å². The van der Waals surface area contributed by atoms with E-state index >= 15 is 0 Å². The molecule has 0 aliphatic heterocycles. The van der Waals surface area contributed by atoms with Gasteiger partial charge in [-0.1, -0.05) is 24.8 Å². The summed E-state index contributed by atoms with van der Waals surface area (Å²) in [5, 5.41) is 3.07. The number of nitrogens with zero attached hydrogens (tertiary/aromatic N) is 2. The quantitative estimate of drug-likeness (QED) is 0.345. The molecule has 2 amide bonds. The monoisotopic (exact) mass is 462 g/mol. The zero-order valence-corrected chi connectivity index (χ0v) is 19.1. The van der Waals surface area contributed by atoms with Crippen LogP contribution in [-0.2, 0) is 24.2 Å². The van der Waals surface area contributed by atoms with Crippen molar-refractivity contribution in [1.82, 2.24) is 20.4 Å². The van der Waals surface area contributed by atoms with Gasteiger partial charge in [-0.2, -0.15) is 0 Å². The average molecular weight is 463 g/mol. The van der Waals surface area contributed by atoms with Gasteiger partial charge in [0.1, 0.15) is 4.83 Å². The Hall–Kier alpha value is -2.17. The van der Waals surface area contributed by atoms with Gasteiger partial charge in [0.25, 0.3) is 11.5 Å². The molecule has 30 heavy (non-hydrogen) atoms. The van der Waals surface area contributed by atoms with Crippen molar-refractivity contribution in [3.8, 4) is 0 Å². The van der Waals surface area contributed by atoms with Crippen LogP contribution in [0.25, 0.3) is 10.2 Å². The second-order valence-electron chi connectivity index (χ2n) is 7.24. The number of carbonyl (C=O) groups is 2. The number of hydrogen-bond donors (Lipinski definition) is 2. The Morgan fingerprint density at radius 1 is 1.37 bits per heavy atom. The van der Waals surface area contributed by atoms with Crippen LogP contribution in [0.2, 0.25) is 0 Å². The number of aromatic nitrogens is 2. The van der Waals surface area contributed by atoms with Gasteiger partial charge in [0.05, 0.1) is 16.0 Å². The minimum Gasteiger partial charge on any atom is -0.287 e. The van der Waals surface area contributed by atoms with Gasteiger partial charge in [-0.3, -0.25) is 29.8 Å². The maximum absolute atomic E-state index is 13.1. The first kappa shape index (κ1) is 21.1.